The average Bonchev–Trinajstić information content (AvgIpc) is 3.06. The molecule has 1 atom stereocenters. The van der Waals surface area contributed by atoms with E-state index in [1.54, 1.807) is 0 Å². The van der Waals surface area contributed by atoms with Gasteiger partial charge in [-0.15, -0.1) is 10.2 Å². The van der Waals surface area contributed by atoms with Gasteiger partial charge in [-0.3, -0.25) is 9.20 Å². The maximum absolute atomic E-state index is 12.9. The molecule has 0 bridgehead atoms. The highest BCUT2D eigenvalue weighted by Gasteiger charge is 2.28. The zero-order valence-electron chi connectivity index (χ0n) is 13.7. The number of aromatic nitrogens is 3. The van der Waals surface area contributed by atoms with Crippen molar-refractivity contribution in [3.63, 3.8) is 0 Å². The molecule has 1 fully saturated rings. The fourth-order valence-corrected chi connectivity index (χ4v) is 3.49. The molecule has 3 heterocycles. The molecule has 5 nitrogen and oxygen atoms in total. The minimum atomic E-state index is 0.117. The lowest BCUT2D eigenvalue weighted by Crippen LogP contribution is -2.39. The number of carbonyl (C=O) groups excluding carboxylic acids is 1. The third kappa shape index (κ3) is 2.56. The number of benzene rings is 1. The predicted molar refractivity (Wildman–Crippen MR) is 92.0 cm³/mol. The molecule has 3 aromatic rings. The van der Waals surface area contributed by atoms with Crippen molar-refractivity contribution in [2.45, 2.75) is 25.7 Å². The zero-order valence-corrected chi connectivity index (χ0v) is 13.7. The fraction of sp³-hybridized carbons (Fsp3) is 0.316. The molecule has 0 aliphatic carbocycles. The predicted octanol–water partition coefficient (Wildman–Crippen LogP) is 3.06. The summed E-state index contributed by atoms with van der Waals surface area (Å²) in [5, 5.41) is 8.62. The van der Waals surface area contributed by atoms with Gasteiger partial charge in [-0.2, -0.15) is 0 Å². The van der Waals surface area contributed by atoms with Gasteiger partial charge >= 0.3 is 0 Å². The van der Waals surface area contributed by atoms with Crippen LogP contribution in [0, 0.1) is 6.92 Å². The Morgan fingerprint density at radius 3 is 2.83 bits per heavy atom. The highest BCUT2D eigenvalue weighted by atomic mass is 16.2. The molecule has 5 heteroatoms. The third-order valence-corrected chi connectivity index (χ3v) is 4.79. The van der Waals surface area contributed by atoms with Crippen LogP contribution in [-0.4, -0.2) is 38.5 Å². The normalized spacial score (nSPS) is 18.0. The van der Waals surface area contributed by atoms with Crippen molar-refractivity contribution in [1.82, 2.24) is 19.5 Å². The first-order chi connectivity index (χ1) is 11.7. The van der Waals surface area contributed by atoms with Gasteiger partial charge in [-0.25, -0.2) is 0 Å². The second-order valence-electron chi connectivity index (χ2n) is 6.39. The number of fused-ring (bicyclic) bond motifs is 1. The number of rotatable bonds is 2. The number of pyridine rings is 1. The first-order valence-electron chi connectivity index (χ1n) is 8.38. The van der Waals surface area contributed by atoms with Gasteiger partial charge < -0.3 is 4.90 Å². The van der Waals surface area contributed by atoms with Crippen molar-refractivity contribution in [3.05, 3.63) is 65.6 Å². The summed E-state index contributed by atoms with van der Waals surface area (Å²) < 4.78 is 2.03. The average molecular weight is 320 g/mol. The Balaban J connectivity index is 1.60. The van der Waals surface area contributed by atoms with Crippen molar-refractivity contribution >= 4 is 11.6 Å². The Hall–Kier alpha value is -2.69. The van der Waals surface area contributed by atoms with Gasteiger partial charge in [0.1, 0.15) is 5.82 Å². The van der Waals surface area contributed by atoms with E-state index in [0.717, 1.165) is 42.0 Å². The minimum absolute atomic E-state index is 0.117. The lowest BCUT2D eigenvalue weighted by molar-refractivity contribution is 0.0703. The van der Waals surface area contributed by atoms with Gasteiger partial charge in [-0.1, -0.05) is 24.3 Å². The summed E-state index contributed by atoms with van der Waals surface area (Å²) in [6.45, 7) is 3.49. The molecule has 4 rings (SSSR count). The quantitative estimate of drug-likeness (QED) is 0.729. The van der Waals surface area contributed by atoms with Crippen LogP contribution in [0.3, 0.4) is 0 Å². The summed E-state index contributed by atoms with van der Waals surface area (Å²) >= 11 is 0. The summed E-state index contributed by atoms with van der Waals surface area (Å²) in [7, 11) is 0. The summed E-state index contributed by atoms with van der Waals surface area (Å²) in [5.41, 5.74) is 2.68. The molecule has 1 aromatic carbocycles. The van der Waals surface area contributed by atoms with Crippen LogP contribution in [0.5, 0.6) is 0 Å². The second-order valence-corrected chi connectivity index (χ2v) is 6.39. The molecule has 1 amide bonds. The van der Waals surface area contributed by atoms with Crippen LogP contribution in [0.25, 0.3) is 5.65 Å². The Labute approximate surface area is 140 Å². The highest BCUT2D eigenvalue weighted by Crippen LogP contribution is 2.27. The van der Waals surface area contributed by atoms with E-state index < -0.39 is 0 Å². The Bertz CT molecular complexity index is 886. The van der Waals surface area contributed by atoms with Gasteiger partial charge in [0.15, 0.2) is 5.65 Å². The van der Waals surface area contributed by atoms with Crippen molar-refractivity contribution in [2.24, 2.45) is 0 Å². The van der Waals surface area contributed by atoms with Crippen LogP contribution in [0.2, 0.25) is 0 Å². The molecule has 1 aliphatic rings. The monoisotopic (exact) mass is 320 g/mol. The molecule has 2 aromatic heterocycles. The van der Waals surface area contributed by atoms with Crippen LogP contribution in [0.4, 0.5) is 0 Å². The first-order valence-corrected chi connectivity index (χ1v) is 8.38. The number of aryl methyl sites for hydroxylation is 1. The molecular formula is C19H20N4O. The van der Waals surface area contributed by atoms with Crippen molar-refractivity contribution < 1.29 is 4.79 Å². The van der Waals surface area contributed by atoms with Gasteiger partial charge in [-0.05, 0) is 43.5 Å². The van der Waals surface area contributed by atoms with Crippen molar-refractivity contribution in [2.75, 3.05) is 13.1 Å². The summed E-state index contributed by atoms with van der Waals surface area (Å²) in [6.07, 6.45) is 4.02. The van der Waals surface area contributed by atoms with E-state index in [1.165, 1.54) is 0 Å². The van der Waals surface area contributed by atoms with E-state index in [2.05, 4.69) is 10.2 Å². The molecule has 24 heavy (non-hydrogen) atoms. The minimum Gasteiger partial charge on any atom is -0.338 e. The molecule has 0 unspecified atom stereocenters. The SMILES string of the molecule is Cc1ccccc1C(=O)N1CCC[C@H](c2nnc3ccccn23)C1. The van der Waals surface area contributed by atoms with Crippen LogP contribution in [0.15, 0.2) is 48.7 Å². The van der Waals surface area contributed by atoms with E-state index in [1.807, 2.05) is 64.9 Å². The van der Waals surface area contributed by atoms with Gasteiger partial charge in [0.25, 0.3) is 5.91 Å². The summed E-state index contributed by atoms with van der Waals surface area (Å²) in [6, 6.07) is 13.7. The molecule has 1 saturated heterocycles. The zero-order chi connectivity index (χ0) is 16.5. The van der Waals surface area contributed by atoms with E-state index in [9.17, 15) is 4.79 Å². The maximum atomic E-state index is 12.9. The number of nitrogens with zero attached hydrogens (tertiary/aromatic N) is 4. The van der Waals surface area contributed by atoms with E-state index in [-0.39, 0.29) is 11.8 Å². The Morgan fingerprint density at radius 1 is 1.12 bits per heavy atom. The van der Waals surface area contributed by atoms with Crippen LogP contribution < -0.4 is 0 Å². The molecule has 1 aliphatic heterocycles. The summed E-state index contributed by atoms with van der Waals surface area (Å²) in [5.74, 6) is 1.30. The number of hydrogen-bond acceptors (Lipinski definition) is 3. The van der Waals surface area contributed by atoms with Crippen molar-refractivity contribution in [3.8, 4) is 0 Å². The molecule has 0 N–H and O–H groups in total. The van der Waals surface area contributed by atoms with E-state index in [0.29, 0.717) is 6.54 Å². The molecule has 0 saturated carbocycles. The number of likely N-dealkylation sites (tertiary alicyclic amines) is 1. The Morgan fingerprint density at radius 2 is 1.96 bits per heavy atom. The molecule has 0 spiro atoms. The number of amides is 1. The van der Waals surface area contributed by atoms with Crippen LogP contribution in [0.1, 0.15) is 40.5 Å². The third-order valence-electron chi connectivity index (χ3n) is 4.79. The standard InChI is InChI=1S/C19H20N4O/c1-14-7-2-3-9-16(14)19(24)22-11-6-8-15(13-22)18-21-20-17-10-4-5-12-23(17)18/h2-5,7,9-10,12,15H,6,8,11,13H2,1H3/t15-/m0/s1. The van der Waals surface area contributed by atoms with Gasteiger partial charge in [0.05, 0.1) is 0 Å². The lowest BCUT2D eigenvalue weighted by Gasteiger charge is -2.32. The van der Waals surface area contributed by atoms with Gasteiger partial charge in [0, 0.05) is 30.8 Å². The van der Waals surface area contributed by atoms with E-state index in [4.69, 9.17) is 0 Å². The molecular weight excluding hydrogens is 300 g/mol. The number of piperidine rings is 1. The topological polar surface area (TPSA) is 50.5 Å². The fourth-order valence-electron chi connectivity index (χ4n) is 3.49. The van der Waals surface area contributed by atoms with Crippen LogP contribution >= 0.6 is 0 Å². The number of carbonyl (C=O) groups is 1. The molecule has 122 valence electrons. The second kappa shape index (κ2) is 6.07. The first kappa shape index (κ1) is 14.9. The highest BCUT2D eigenvalue weighted by molar-refractivity contribution is 5.95. The summed E-state index contributed by atoms with van der Waals surface area (Å²) in [4.78, 5) is 14.8. The molecule has 0 radical (unpaired) electrons. The van der Waals surface area contributed by atoms with Crippen LogP contribution in [-0.2, 0) is 0 Å². The number of hydrogen-bond donors (Lipinski definition) is 0. The largest absolute Gasteiger partial charge is 0.338 e. The maximum Gasteiger partial charge on any atom is 0.254 e. The van der Waals surface area contributed by atoms with Gasteiger partial charge in [0.2, 0.25) is 0 Å². The Kier molecular flexibility index (Phi) is 3.76. The lowest BCUT2D eigenvalue weighted by atomic mass is 9.96. The van der Waals surface area contributed by atoms with E-state index >= 15 is 0 Å². The smallest absolute Gasteiger partial charge is 0.254 e. The van der Waals surface area contributed by atoms with Crippen molar-refractivity contribution in [1.29, 1.82) is 0 Å².